The topological polar surface area (TPSA) is 91.8 Å². The first-order chi connectivity index (χ1) is 14.7. The fourth-order valence-electron chi connectivity index (χ4n) is 3.80. The van der Waals surface area contributed by atoms with Crippen molar-refractivity contribution in [3.8, 4) is 11.3 Å². The van der Waals surface area contributed by atoms with Crippen LogP contribution in [0.5, 0.6) is 0 Å². The van der Waals surface area contributed by atoms with Gasteiger partial charge in [-0.1, -0.05) is 6.07 Å². The number of nitrogens with zero attached hydrogens (tertiary/aromatic N) is 6. The Bertz CT molecular complexity index is 995. The van der Waals surface area contributed by atoms with Crippen LogP contribution in [0.3, 0.4) is 0 Å². The number of amides is 2. The second kappa shape index (κ2) is 8.13. The van der Waals surface area contributed by atoms with Crippen LogP contribution in [0.1, 0.15) is 32.8 Å². The van der Waals surface area contributed by atoms with E-state index in [9.17, 15) is 9.59 Å². The van der Waals surface area contributed by atoms with Crippen LogP contribution in [0.4, 0.5) is 16.4 Å². The summed E-state index contributed by atoms with van der Waals surface area (Å²) >= 11 is 0. The Morgan fingerprint density at radius 2 is 1.84 bits per heavy atom. The van der Waals surface area contributed by atoms with E-state index in [1.165, 1.54) is 0 Å². The fraction of sp³-hybridized carbons (Fsp3) is 0.500. The summed E-state index contributed by atoms with van der Waals surface area (Å²) in [5.41, 5.74) is 3.25. The van der Waals surface area contributed by atoms with E-state index in [-0.39, 0.29) is 12.0 Å². The van der Waals surface area contributed by atoms with Crippen molar-refractivity contribution in [2.75, 3.05) is 43.0 Å². The Kier molecular flexibility index (Phi) is 5.51. The number of fused-ring (bicyclic) bond motifs is 1. The summed E-state index contributed by atoms with van der Waals surface area (Å²) in [5, 5.41) is 8.36. The average molecular weight is 425 g/mol. The van der Waals surface area contributed by atoms with E-state index in [0.29, 0.717) is 38.5 Å². The molecule has 1 fully saturated rings. The van der Waals surface area contributed by atoms with Gasteiger partial charge in [0.25, 0.3) is 0 Å². The Morgan fingerprint density at radius 1 is 1.10 bits per heavy atom. The molecule has 31 heavy (non-hydrogen) atoms. The van der Waals surface area contributed by atoms with Crippen molar-refractivity contribution in [3.63, 3.8) is 0 Å². The maximum atomic E-state index is 12.3. The first kappa shape index (κ1) is 21.0. The lowest BCUT2D eigenvalue weighted by Crippen LogP contribution is -2.50. The van der Waals surface area contributed by atoms with Crippen LogP contribution in [-0.2, 0) is 16.0 Å². The van der Waals surface area contributed by atoms with E-state index < -0.39 is 5.60 Å². The first-order valence-electron chi connectivity index (χ1n) is 10.5. The molecule has 0 radical (unpaired) electrons. The van der Waals surface area contributed by atoms with Crippen LogP contribution in [0.25, 0.3) is 11.3 Å². The molecule has 0 bridgehead atoms. The second-order valence-corrected chi connectivity index (χ2v) is 8.89. The van der Waals surface area contributed by atoms with Gasteiger partial charge in [-0.15, -0.1) is 5.10 Å². The Balaban J connectivity index is 1.46. The van der Waals surface area contributed by atoms with Gasteiger partial charge in [0.2, 0.25) is 11.9 Å². The number of rotatable bonds is 2. The zero-order valence-electron chi connectivity index (χ0n) is 18.5. The smallest absolute Gasteiger partial charge is 0.410 e. The minimum absolute atomic E-state index is 0.136. The van der Waals surface area contributed by atoms with Gasteiger partial charge in [0, 0.05) is 50.9 Å². The van der Waals surface area contributed by atoms with Crippen molar-refractivity contribution >= 4 is 23.6 Å². The molecule has 0 atom stereocenters. The summed E-state index contributed by atoms with van der Waals surface area (Å²) in [6, 6.07) is 6.00. The highest BCUT2D eigenvalue weighted by atomic mass is 16.6. The quantitative estimate of drug-likeness (QED) is 0.731. The minimum atomic E-state index is -0.507. The van der Waals surface area contributed by atoms with Gasteiger partial charge in [0.15, 0.2) is 0 Å². The maximum Gasteiger partial charge on any atom is 0.410 e. The summed E-state index contributed by atoms with van der Waals surface area (Å²) in [5.74, 6) is 0.683. The lowest BCUT2D eigenvalue weighted by molar-refractivity contribution is -0.118. The molecule has 2 aromatic rings. The Labute approximate surface area is 182 Å². The molecule has 2 amide bonds. The highest BCUT2D eigenvalue weighted by molar-refractivity contribution is 5.96. The van der Waals surface area contributed by atoms with E-state index in [4.69, 9.17) is 9.72 Å². The van der Waals surface area contributed by atoms with E-state index in [2.05, 4.69) is 16.3 Å². The molecule has 0 aliphatic carbocycles. The van der Waals surface area contributed by atoms with Crippen molar-refractivity contribution in [2.24, 2.45) is 0 Å². The van der Waals surface area contributed by atoms with Crippen LogP contribution >= 0.6 is 0 Å². The van der Waals surface area contributed by atoms with Gasteiger partial charge in [-0.3, -0.25) is 4.79 Å². The highest BCUT2D eigenvalue weighted by Gasteiger charge is 2.27. The molecule has 0 spiro atoms. The molecule has 1 aromatic carbocycles. The highest BCUT2D eigenvalue weighted by Crippen LogP contribution is 2.31. The lowest BCUT2D eigenvalue weighted by Gasteiger charge is -2.35. The van der Waals surface area contributed by atoms with Gasteiger partial charge < -0.3 is 19.4 Å². The van der Waals surface area contributed by atoms with Crippen LogP contribution in [0.15, 0.2) is 24.4 Å². The van der Waals surface area contributed by atoms with Crippen LogP contribution < -0.4 is 9.80 Å². The number of hydrogen-bond donors (Lipinski definition) is 0. The number of aromatic nitrogens is 3. The number of hydrogen-bond acceptors (Lipinski definition) is 7. The van der Waals surface area contributed by atoms with Crippen molar-refractivity contribution in [3.05, 3.63) is 30.0 Å². The third-order valence-electron chi connectivity index (χ3n) is 5.48. The Hall–Kier alpha value is -3.23. The van der Waals surface area contributed by atoms with E-state index in [1.807, 2.05) is 37.8 Å². The number of benzene rings is 1. The number of piperazine rings is 1. The first-order valence-corrected chi connectivity index (χ1v) is 10.5. The molecule has 0 unspecified atom stereocenters. The molecule has 9 heteroatoms. The SMILES string of the molecule is CN1C(=O)CCc2cc(-c3cnnc(N4CCN(C(=O)OC(C)(C)C)CC4)n3)ccc21. The summed E-state index contributed by atoms with van der Waals surface area (Å²) in [7, 11) is 1.81. The molecule has 1 aromatic heterocycles. The van der Waals surface area contributed by atoms with Gasteiger partial charge in [-0.05, 0) is 44.9 Å². The predicted octanol–water partition coefficient (Wildman–Crippen LogP) is 2.50. The molecule has 3 heterocycles. The van der Waals surface area contributed by atoms with Crippen LogP contribution in [0.2, 0.25) is 0 Å². The standard InChI is InChI=1S/C22H28N6O3/c1-22(2,3)31-21(30)28-11-9-27(10-12-28)20-24-17(14-23-25-20)15-5-7-18-16(13-15)6-8-19(29)26(18)4/h5,7,13-14H,6,8-12H2,1-4H3. The molecular formula is C22H28N6O3. The summed E-state index contributed by atoms with van der Waals surface area (Å²) in [6.45, 7) is 7.90. The van der Waals surface area contributed by atoms with Gasteiger partial charge in [0.05, 0.1) is 11.9 Å². The number of carbonyl (C=O) groups excluding carboxylic acids is 2. The number of anilines is 2. The molecule has 2 aliphatic heterocycles. The van der Waals surface area contributed by atoms with Gasteiger partial charge in [0.1, 0.15) is 5.60 Å². The largest absolute Gasteiger partial charge is 0.444 e. The molecule has 9 nitrogen and oxygen atoms in total. The van der Waals surface area contributed by atoms with Crippen molar-refractivity contribution < 1.29 is 14.3 Å². The predicted molar refractivity (Wildman–Crippen MR) is 117 cm³/mol. The Morgan fingerprint density at radius 3 is 2.55 bits per heavy atom. The normalized spacial score (nSPS) is 16.9. The minimum Gasteiger partial charge on any atom is -0.444 e. The van der Waals surface area contributed by atoms with Crippen molar-refractivity contribution in [1.29, 1.82) is 0 Å². The zero-order chi connectivity index (χ0) is 22.2. The van der Waals surface area contributed by atoms with Crippen LogP contribution in [-0.4, -0.2) is 70.9 Å². The van der Waals surface area contributed by atoms with E-state index in [1.54, 1.807) is 23.0 Å². The molecule has 164 valence electrons. The summed E-state index contributed by atoms with van der Waals surface area (Å²) < 4.78 is 5.46. The average Bonchev–Trinajstić information content (AvgIpc) is 2.75. The lowest BCUT2D eigenvalue weighted by atomic mass is 9.98. The van der Waals surface area contributed by atoms with Crippen molar-refractivity contribution in [1.82, 2.24) is 20.1 Å². The second-order valence-electron chi connectivity index (χ2n) is 8.89. The molecule has 1 saturated heterocycles. The molecule has 4 rings (SSSR count). The van der Waals surface area contributed by atoms with E-state index >= 15 is 0 Å². The van der Waals surface area contributed by atoms with Crippen molar-refractivity contribution in [2.45, 2.75) is 39.2 Å². The number of aryl methyl sites for hydroxylation is 1. The molecule has 2 aliphatic rings. The van der Waals surface area contributed by atoms with E-state index in [0.717, 1.165) is 28.9 Å². The maximum absolute atomic E-state index is 12.3. The van der Waals surface area contributed by atoms with Gasteiger partial charge in [-0.2, -0.15) is 5.10 Å². The summed E-state index contributed by atoms with van der Waals surface area (Å²) in [4.78, 5) is 34.4. The molecule has 0 saturated carbocycles. The monoisotopic (exact) mass is 424 g/mol. The number of ether oxygens (including phenoxy) is 1. The zero-order valence-corrected chi connectivity index (χ0v) is 18.5. The fourth-order valence-corrected chi connectivity index (χ4v) is 3.80. The van der Waals surface area contributed by atoms with Crippen LogP contribution in [0, 0.1) is 0 Å². The third-order valence-corrected chi connectivity index (χ3v) is 5.48. The number of carbonyl (C=O) groups is 2. The summed E-state index contributed by atoms with van der Waals surface area (Å²) in [6.07, 6.45) is 2.60. The molecule has 0 N–H and O–H groups in total. The third kappa shape index (κ3) is 4.60. The molecular weight excluding hydrogens is 396 g/mol. The van der Waals surface area contributed by atoms with Gasteiger partial charge in [-0.25, -0.2) is 9.78 Å². The van der Waals surface area contributed by atoms with Gasteiger partial charge >= 0.3 is 6.09 Å².